The summed E-state index contributed by atoms with van der Waals surface area (Å²) in [7, 11) is 0. The average Bonchev–Trinajstić information content (AvgIpc) is 1.96. The first-order valence-corrected chi connectivity index (χ1v) is 2.61. The molecule has 0 amide bonds. The third kappa shape index (κ3) is 1.22. The molecule has 7 heteroatoms. The molecule has 0 aliphatic rings. The summed E-state index contributed by atoms with van der Waals surface area (Å²) in [6.07, 6.45) is 0. The van der Waals surface area contributed by atoms with Crippen LogP contribution in [0.4, 0.5) is 5.82 Å². The molecule has 0 unspecified atom stereocenters. The van der Waals surface area contributed by atoms with Crippen molar-refractivity contribution in [2.75, 3.05) is 5.48 Å². The number of nitrogens with one attached hydrogen (secondary N) is 3. The van der Waals surface area contributed by atoms with Gasteiger partial charge in [0.05, 0.1) is 0 Å². The summed E-state index contributed by atoms with van der Waals surface area (Å²) >= 11 is 0. The lowest BCUT2D eigenvalue weighted by Crippen LogP contribution is -2.23. The van der Waals surface area contributed by atoms with Gasteiger partial charge in [-0.3, -0.25) is 25.4 Å². The molecule has 11 heavy (non-hydrogen) atoms. The molecule has 1 aromatic heterocycles. The van der Waals surface area contributed by atoms with Gasteiger partial charge in [-0.2, -0.15) is 0 Å². The maximum Gasteiger partial charge on any atom is 0.327 e. The van der Waals surface area contributed by atoms with Crippen LogP contribution in [0.15, 0.2) is 9.59 Å². The van der Waals surface area contributed by atoms with Crippen LogP contribution in [0.3, 0.4) is 0 Å². The molecule has 1 rings (SSSR count). The molecule has 0 aliphatic heterocycles. The largest absolute Gasteiger partial charge is 0.500 e. The molecule has 0 bridgehead atoms. The lowest BCUT2D eigenvalue weighted by Gasteiger charge is -1.97. The number of hydrogen-bond donors (Lipinski definition) is 5. The normalized spacial score (nSPS) is 9.55. The van der Waals surface area contributed by atoms with Crippen molar-refractivity contribution in [3.8, 4) is 5.75 Å². The first-order valence-electron chi connectivity index (χ1n) is 2.61. The van der Waals surface area contributed by atoms with Crippen LogP contribution in [-0.4, -0.2) is 20.3 Å². The zero-order valence-electron chi connectivity index (χ0n) is 5.21. The molecule has 5 N–H and O–H groups in total. The fourth-order valence-electron chi connectivity index (χ4n) is 0.561. The van der Waals surface area contributed by atoms with Gasteiger partial charge < -0.3 is 5.11 Å². The summed E-state index contributed by atoms with van der Waals surface area (Å²) in [5.74, 6) is -1.20. The van der Waals surface area contributed by atoms with E-state index in [1.807, 2.05) is 4.98 Å². The molecule has 0 aliphatic carbocycles. The lowest BCUT2D eigenvalue weighted by atomic mass is 10.5. The average molecular weight is 159 g/mol. The van der Waals surface area contributed by atoms with Crippen molar-refractivity contribution < 1.29 is 10.3 Å². The van der Waals surface area contributed by atoms with E-state index in [2.05, 4.69) is 0 Å². The number of aromatic nitrogens is 2. The van der Waals surface area contributed by atoms with Crippen LogP contribution in [0.25, 0.3) is 0 Å². The Morgan fingerprint density at radius 1 is 1.27 bits per heavy atom. The SMILES string of the molecule is O=c1[nH]c(NO)c(O)c(=O)[nH]1. The summed E-state index contributed by atoms with van der Waals surface area (Å²) in [4.78, 5) is 24.7. The standard InChI is InChI=1S/C4H5N3O4/c8-1-2(7-11)5-4(10)6-3(1)9/h8,11H,(H3,5,6,7,9,10). The highest BCUT2D eigenvalue weighted by atomic mass is 16.5. The second kappa shape index (κ2) is 2.46. The van der Waals surface area contributed by atoms with Crippen LogP contribution in [0.2, 0.25) is 0 Å². The molecular formula is C4H5N3O4. The highest BCUT2D eigenvalue weighted by molar-refractivity contribution is 5.44. The summed E-state index contributed by atoms with van der Waals surface area (Å²) in [5, 5.41) is 17.0. The summed E-state index contributed by atoms with van der Waals surface area (Å²) in [6.45, 7) is 0. The van der Waals surface area contributed by atoms with Crippen molar-refractivity contribution in [3.63, 3.8) is 0 Å². The zero-order valence-corrected chi connectivity index (χ0v) is 5.21. The van der Waals surface area contributed by atoms with Gasteiger partial charge in [0.1, 0.15) is 0 Å². The minimum Gasteiger partial charge on any atom is -0.500 e. The van der Waals surface area contributed by atoms with E-state index in [1.165, 1.54) is 5.48 Å². The molecule has 0 fully saturated rings. The van der Waals surface area contributed by atoms with Gasteiger partial charge in [0.2, 0.25) is 5.75 Å². The summed E-state index contributed by atoms with van der Waals surface area (Å²) in [5.41, 5.74) is -0.331. The maximum absolute atomic E-state index is 10.5. The van der Waals surface area contributed by atoms with Gasteiger partial charge >= 0.3 is 5.69 Å². The molecule has 7 nitrogen and oxygen atoms in total. The molecule has 0 spiro atoms. The molecule has 0 radical (unpaired) electrons. The van der Waals surface area contributed by atoms with Crippen molar-refractivity contribution in [3.05, 3.63) is 20.8 Å². The van der Waals surface area contributed by atoms with E-state index in [1.54, 1.807) is 4.98 Å². The predicted molar refractivity (Wildman–Crippen MR) is 34.8 cm³/mol. The minimum atomic E-state index is -0.967. The fourth-order valence-corrected chi connectivity index (χ4v) is 0.561. The van der Waals surface area contributed by atoms with Crippen LogP contribution >= 0.6 is 0 Å². The second-order valence-electron chi connectivity index (χ2n) is 1.74. The smallest absolute Gasteiger partial charge is 0.327 e. The maximum atomic E-state index is 10.5. The Kier molecular flexibility index (Phi) is 1.65. The Labute approximate surface area is 59.3 Å². The highest BCUT2D eigenvalue weighted by Gasteiger charge is 2.04. The van der Waals surface area contributed by atoms with Gasteiger partial charge in [0, 0.05) is 0 Å². The number of H-pyrrole nitrogens is 2. The van der Waals surface area contributed by atoms with Crippen LogP contribution in [-0.2, 0) is 0 Å². The third-order valence-corrected chi connectivity index (χ3v) is 1.03. The van der Waals surface area contributed by atoms with Crippen molar-refractivity contribution >= 4 is 5.82 Å². The van der Waals surface area contributed by atoms with Gasteiger partial charge in [-0.1, -0.05) is 0 Å². The fraction of sp³-hybridized carbons (Fsp3) is 0. The monoisotopic (exact) mass is 159 g/mol. The van der Waals surface area contributed by atoms with Gasteiger partial charge in [0.15, 0.2) is 5.82 Å². The van der Waals surface area contributed by atoms with E-state index in [-0.39, 0.29) is 0 Å². The first kappa shape index (κ1) is 7.35. The second-order valence-corrected chi connectivity index (χ2v) is 1.74. The topological polar surface area (TPSA) is 118 Å². The van der Waals surface area contributed by atoms with Crippen molar-refractivity contribution in [2.24, 2.45) is 0 Å². The van der Waals surface area contributed by atoms with Gasteiger partial charge in [-0.25, -0.2) is 4.79 Å². The molecule has 0 saturated carbocycles. The Morgan fingerprint density at radius 2 is 1.91 bits per heavy atom. The molecule has 1 aromatic rings. The number of hydrogen-bond acceptors (Lipinski definition) is 5. The Bertz CT molecular complexity index is 364. The Hall–Kier alpha value is -1.76. The van der Waals surface area contributed by atoms with E-state index in [0.717, 1.165) is 0 Å². The number of aromatic hydroxyl groups is 1. The van der Waals surface area contributed by atoms with Crippen LogP contribution in [0.5, 0.6) is 5.75 Å². The number of aromatic amines is 2. The van der Waals surface area contributed by atoms with Crippen molar-refractivity contribution in [2.45, 2.75) is 0 Å². The van der Waals surface area contributed by atoms with Gasteiger partial charge in [-0.05, 0) is 0 Å². The molecule has 0 saturated heterocycles. The molecule has 0 atom stereocenters. The van der Waals surface area contributed by atoms with E-state index in [9.17, 15) is 9.59 Å². The van der Waals surface area contributed by atoms with Crippen LogP contribution < -0.4 is 16.7 Å². The van der Waals surface area contributed by atoms with E-state index in [4.69, 9.17) is 10.3 Å². The molecule has 60 valence electrons. The van der Waals surface area contributed by atoms with Gasteiger partial charge in [-0.15, -0.1) is 0 Å². The van der Waals surface area contributed by atoms with E-state index in [0.29, 0.717) is 0 Å². The lowest BCUT2D eigenvalue weighted by molar-refractivity contribution is 0.375. The molecular weight excluding hydrogens is 154 g/mol. The van der Waals surface area contributed by atoms with Crippen LogP contribution in [0.1, 0.15) is 0 Å². The van der Waals surface area contributed by atoms with E-state index < -0.39 is 22.8 Å². The molecule has 0 aromatic carbocycles. The quantitative estimate of drug-likeness (QED) is 0.322. The summed E-state index contributed by atoms with van der Waals surface area (Å²) in [6, 6.07) is 0. The van der Waals surface area contributed by atoms with Crippen LogP contribution in [0, 0.1) is 0 Å². The van der Waals surface area contributed by atoms with Gasteiger partial charge in [0.25, 0.3) is 5.56 Å². The zero-order chi connectivity index (χ0) is 8.43. The molecule has 1 heterocycles. The predicted octanol–water partition coefficient (Wildman–Crippen LogP) is -1.43. The van der Waals surface area contributed by atoms with E-state index >= 15 is 0 Å². The Balaban J connectivity index is 3.49. The van der Waals surface area contributed by atoms with Crippen molar-refractivity contribution in [1.29, 1.82) is 0 Å². The third-order valence-electron chi connectivity index (χ3n) is 1.03. The highest BCUT2D eigenvalue weighted by Crippen LogP contribution is 2.08. The first-order chi connectivity index (χ1) is 5.15. The Morgan fingerprint density at radius 3 is 2.45 bits per heavy atom. The minimum absolute atomic E-state index is 0.432. The number of anilines is 1. The van der Waals surface area contributed by atoms with Crippen molar-refractivity contribution in [1.82, 2.24) is 9.97 Å². The number of rotatable bonds is 1. The summed E-state index contributed by atoms with van der Waals surface area (Å²) < 4.78 is 0.